The van der Waals surface area contributed by atoms with Crippen molar-refractivity contribution >= 4 is 54.6 Å². The van der Waals surface area contributed by atoms with Gasteiger partial charge in [-0.05, 0) is 117 Å². The maximum atomic E-state index is 6.24. The van der Waals surface area contributed by atoms with E-state index in [4.69, 9.17) is 18.8 Å². The van der Waals surface area contributed by atoms with E-state index in [1.165, 1.54) is 5.39 Å². The van der Waals surface area contributed by atoms with Gasteiger partial charge in [-0.3, -0.25) is 4.98 Å². The predicted octanol–water partition coefficient (Wildman–Crippen LogP) is 14.8. The molecule has 12 aromatic rings. The summed E-state index contributed by atoms with van der Waals surface area (Å²) in [5.41, 5.74) is 14.4. The second-order valence-electron chi connectivity index (χ2n) is 15.3. The largest absolute Gasteiger partial charge is 0.456 e. The molecule has 0 aliphatic carbocycles. The molecule has 0 amide bonds. The first kappa shape index (κ1) is 33.9. The minimum Gasteiger partial charge on any atom is -0.456 e. The molecule has 0 saturated carbocycles. The lowest BCUT2D eigenvalue weighted by molar-refractivity contribution is 0.668. The summed E-state index contributed by atoms with van der Waals surface area (Å²) < 4.78 is 12.5. The minimum atomic E-state index is 0.634. The van der Waals surface area contributed by atoms with Crippen LogP contribution in [-0.2, 0) is 0 Å². The zero-order valence-electron chi connectivity index (χ0n) is 32.2. The number of pyridine rings is 1. The lowest BCUT2D eigenvalue weighted by atomic mass is 9.94. The van der Waals surface area contributed by atoms with E-state index in [1.807, 2.05) is 36.5 Å². The Morgan fingerprint density at radius 1 is 0.300 bits per heavy atom. The molecule has 0 bridgehead atoms. The van der Waals surface area contributed by atoms with Crippen molar-refractivity contribution in [1.29, 1.82) is 0 Å². The Balaban J connectivity index is 1.09. The number of hydrogen-bond acceptors (Lipinski definition) is 5. The number of hydrogen-bond donors (Lipinski definition) is 0. The summed E-state index contributed by atoms with van der Waals surface area (Å²) in [6.45, 7) is 0. The minimum absolute atomic E-state index is 0.634. The first-order valence-electron chi connectivity index (χ1n) is 20.0. The number of nitrogens with zero attached hydrogens (tertiary/aromatic N) is 3. The Morgan fingerprint density at radius 3 is 1.48 bits per heavy atom. The quantitative estimate of drug-likeness (QED) is 0.169. The first-order valence-corrected chi connectivity index (χ1v) is 20.0. The number of benzene rings is 8. The second kappa shape index (κ2) is 13.8. The van der Waals surface area contributed by atoms with Crippen LogP contribution in [0, 0.1) is 0 Å². The van der Waals surface area contributed by atoms with Gasteiger partial charge in [0, 0.05) is 56.2 Å². The third-order valence-corrected chi connectivity index (χ3v) is 11.5. The maximum absolute atomic E-state index is 6.24. The highest BCUT2D eigenvalue weighted by Crippen LogP contribution is 2.39. The van der Waals surface area contributed by atoms with Gasteiger partial charge in [-0.15, -0.1) is 0 Å². The van der Waals surface area contributed by atoms with Crippen molar-refractivity contribution in [3.63, 3.8) is 0 Å². The van der Waals surface area contributed by atoms with E-state index in [0.29, 0.717) is 5.82 Å². The molecule has 0 N–H and O–H groups in total. The van der Waals surface area contributed by atoms with Crippen LogP contribution in [0.4, 0.5) is 0 Å². The molecule has 0 atom stereocenters. The van der Waals surface area contributed by atoms with E-state index in [2.05, 4.69) is 163 Å². The molecule has 0 spiro atoms. The molecule has 0 saturated heterocycles. The third-order valence-electron chi connectivity index (χ3n) is 11.5. The highest BCUT2D eigenvalue weighted by atomic mass is 16.3. The van der Waals surface area contributed by atoms with E-state index in [-0.39, 0.29) is 0 Å². The fraction of sp³-hybridized carbons (Fsp3) is 0. The van der Waals surface area contributed by atoms with Crippen LogP contribution < -0.4 is 0 Å². The smallest absolute Gasteiger partial charge is 0.160 e. The molecular formula is C55H33N3O2. The summed E-state index contributed by atoms with van der Waals surface area (Å²) in [7, 11) is 0. The first-order chi connectivity index (χ1) is 29.7. The zero-order chi connectivity index (χ0) is 39.6. The Morgan fingerprint density at radius 2 is 0.817 bits per heavy atom. The Kier molecular flexibility index (Phi) is 7.78. The maximum Gasteiger partial charge on any atom is 0.160 e. The number of furan rings is 2. The number of aromatic nitrogens is 3. The summed E-state index contributed by atoms with van der Waals surface area (Å²) in [5.74, 6) is 0.634. The van der Waals surface area contributed by atoms with Gasteiger partial charge in [0.1, 0.15) is 22.3 Å². The molecule has 60 heavy (non-hydrogen) atoms. The van der Waals surface area contributed by atoms with Gasteiger partial charge in [0.05, 0.1) is 11.4 Å². The molecule has 0 radical (unpaired) electrons. The van der Waals surface area contributed by atoms with Gasteiger partial charge in [0.25, 0.3) is 0 Å². The van der Waals surface area contributed by atoms with E-state index in [0.717, 1.165) is 111 Å². The molecule has 280 valence electrons. The summed E-state index contributed by atoms with van der Waals surface area (Å²) in [6.07, 6.45) is 3.69. The van der Waals surface area contributed by atoms with Gasteiger partial charge in [0.15, 0.2) is 5.82 Å². The summed E-state index contributed by atoms with van der Waals surface area (Å²) >= 11 is 0. The Hall–Kier alpha value is -8.15. The van der Waals surface area contributed by atoms with Gasteiger partial charge in [0.2, 0.25) is 0 Å². The number of para-hydroxylation sites is 2. The summed E-state index contributed by atoms with van der Waals surface area (Å²) in [5, 5.41) is 6.67. The van der Waals surface area contributed by atoms with Crippen molar-refractivity contribution in [3.05, 3.63) is 200 Å². The Bertz CT molecular complexity index is 3490. The molecule has 0 aliphatic rings. The van der Waals surface area contributed by atoms with E-state index in [9.17, 15) is 0 Å². The van der Waals surface area contributed by atoms with Crippen LogP contribution in [-0.4, -0.2) is 15.0 Å². The average molecular weight is 768 g/mol. The van der Waals surface area contributed by atoms with Crippen molar-refractivity contribution in [3.8, 4) is 67.3 Å². The van der Waals surface area contributed by atoms with Crippen molar-refractivity contribution in [2.75, 3.05) is 0 Å². The van der Waals surface area contributed by atoms with Crippen LogP contribution in [0.15, 0.2) is 209 Å². The SMILES string of the molecule is c1cncc(-c2cccc(-c3cc(-c4ccc5ccccc5c4)nc(-c4cc(-c5ccc6oc7ccccc7c6c5)cc(-c5ccc6oc7ccccc7c6c5)c4)n3)c2)c1. The van der Waals surface area contributed by atoms with E-state index in [1.54, 1.807) is 6.20 Å². The number of fused-ring (bicyclic) bond motifs is 7. The molecule has 0 fully saturated rings. The molecule has 8 aromatic carbocycles. The second-order valence-corrected chi connectivity index (χ2v) is 15.3. The average Bonchev–Trinajstić information content (AvgIpc) is 3.89. The van der Waals surface area contributed by atoms with Crippen LogP contribution in [0.1, 0.15) is 0 Å². The molecule has 0 unspecified atom stereocenters. The van der Waals surface area contributed by atoms with Crippen molar-refractivity contribution in [1.82, 2.24) is 15.0 Å². The molecule has 0 aliphatic heterocycles. The highest BCUT2D eigenvalue weighted by Gasteiger charge is 2.17. The summed E-state index contributed by atoms with van der Waals surface area (Å²) in [6, 6.07) is 65.6. The molecule has 5 nitrogen and oxygen atoms in total. The predicted molar refractivity (Wildman–Crippen MR) is 245 cm³/mol. The zero-order valence-corrected chi connectivity index (χ0v) is 32.2. The van der Waals surface area contributed by atoms with E-state index < -0.39 is 0 Å². The Labute approximate surface area is 344 Å². The molecule has 5 heteroatoms. The monoisotopic (exact) mass is 767 g/mol. The van der Waals surface area contributed by atoms with Crippen LogP contribution >= 0.6 is 0 Å². The molecule has 12 rings (SSSR count). The fourth-order valence-corrected chi connectivity index (χ4v) is 8.51. The highest BCUT2D eigenvalue weighted by molar-refractivity contribution is 6.08. The van der Waals surface area contributed by atoms with Crippen LogP contribution in [0.5, 0.6) is 0 Å². The topological polar surface area (TPSA) is 65.0 Å². The van der Waals surface area contributed by atoms with Crippen LogP contribution in [0.2, 0.25) is 0 Å². The lowest BCUT2D eigenvalue weighted by Crippen LogP contribution is -1.97. The van der Waals surface area contributed by atoms with Crippen molar-refractivity contribution < 1.29 is 8.83 Å². The summed E-state index contributed by atoms with van der Waals surface area (Å²) in [4.78, 5) is 15.1. The molecule has 4 heterocycles. The fourth-order valence-electron chi connectivity index (χ4n) is 8.51. The van der Waals surface area contributed by atoms with E-state index >= 15 is 0 Å². The third kappa shape index (κ3) is 5.91. The standard InChI is InChI=1S/C55H33N3O2/c1-2-10-35-25-40(19-18-34(35)9-1)50-32-49(39-12-7-11-36(26-39)41-13-8-24-56-33-41)57-55(58-50)44-28-42(37-20-22-53-47(30-37)45-14-3-5-16-51(45)59-53)27-43(29-44)38-21-23-54-48(31-38)46-15-4-6-17-52(46)60-54/h1-33H. The van der Waals surface area contributed by atoms with Crippen LogP contribution in [0.25, 0.3) is 122 Å². The van der Waals surface area contributed by atoms with Crippen molar-refractivity contribution in [2.24, 2.45) is 0 Å². The molecule has 4 aromatic heterocycles. The van der Waals surface area contributed by atoms with Gasteiger partial charge < -0.3 is 8.83 Å². The van der Waals surface area contributed by atoms with Crippen molar-refractivity contribution in [2.45, 2.75) is 0 Å². The van der Waals surface area contributed by atoms with Gasteiger partial charge in [-0.2, -0.15) is 0 Å². The van der Waals surface area contributed by atoms with Gasteiger partial charge in [-0.25, -0.2) is 9.97 Å². The van der Waals surface area contributed by atoms with Crippen LogP contribution in [0.3, 0.4) is 0 Å². The van der Waals surface area contributed by atoms with Gasteiger partial charge in [-0.1, -0.05) is 109 Å². The number of rotatable bonds is 6. The lowest BCUT2D eigenvalue weighted by Gasteiger charge is -2.14. The normalized spacial score (nSPS) is 11.7. The van der Waals surface area contributed by atoms with Gasteiger partial charge >= 0.3 is 0 Å². The molecular weight excluding hydrogens is 735 g/mol.